The topological polar surface area (TPSA) is 54.0 Å². The quantitative estimate of drug-likeness (QED) is 0.532. The first-order valence-electron chi connectivity index (χ1n) is 4.54. The van der Waals surface area contributed by atoms with Crippen LogP contribution >= 0.6 is 0 Å². The lowest BCUT2D eigenvalue weighted by Crippen LogP contribution is -2.17. The number of aromatic nitrogens is 2. The second kappa shape index (κ2) is 4.36. The maximum Gasteiger partial charge on any atom is 0.212 e. The van der Waals surface area contributed by atoms with Gasteiger partial charge in [0.15, 0.2) is 0 Å². The molecule has 2 rings (SSSR count). The molecule has 0 bridgehead atoms. The van der Waals surface area contributed by atoms with Gasteiger partial charge in [0.05, 0.1) is 11.9 Å². The van der Waals surface area contributed by atoms with Gasteiger partial charge in [-0.2, -0.15) is 14.6 Å². The van der Waals surface area contributed by atoms with E-state index < -0.39 is 5.95 Å². The van der Waals surface area contributed by atoms with E-state index >= 15 is 0 Å². The lowest BCUT2D eigenvalue weighted by Gasteiger charge is -2.05. The molecule has 0 fully saturated rings. The van der Waals surface area contributed by atoms with Gasteiger partial charge in [-0.05, 0) is 24.3 Å². The summed E-state index contributed by atoms with van der Waals surface area (Å²) in [6.45, 7) is 0. The molecule has 0 N–H and O–H groups in total. The zero-order valence-corrected chi connectivity index (χ0v) is 8.21. The first-order chi connectivity index (χ1) is 7.81. The average Bonchev–Trinajstić information content (AvgIpc) is 2.32. The van der Waals surface area contributed by atoms with Gasteiger partial charge in [0.1, 0.15) is 5.49 Å². The van der Waals surface area contributed by atoms with Gasteiger partial charge in [0.2, 0.25) is 12.1 Å². The maximum absolute atomic E-state index is 12.7. The number of halogens is 1. The number of nitrogens with zero attached hydrogens (tertiary/aromatic N) is 4. The van der Waals surface area contributed by atoms with Crippen molar-refractivity contribution in [1.82, 2.24) is 9.55 Å². The molecule has 0 aromatic carbocycles. The Kier molecular flexibility index (Phi) is 2.74. The normalized spacial score (nSPS) is 11.1. The Balaban J connectivity index is 2.61. The van der Waals surface area contributed by atoms with E-state index in [9.17, 15) is 4.39 Å². The highest BCUT2D eigenvalue weighted by molar-refractivity contribution is 5.28. The lowest BCUT2D eigenvalue weighted by molar-refractivity contribution is 0.583. The molecule has 2 aromatic heterocycles. The second-order valence-corrected chi connectivity index (χ2v) is 2.98. The minimum absolute atomic E-state index is 0.471. The number of hydrogen-bond acceptors (Lipinski definition) is 3. The molecule has 78 valence electrons. The molecule has 0 aliphatic carbocycles. The first-order valence-corrected chi connectivity index (χ1v) is 4.54. The van der Waals surface area contributed by atoms with Crippen molar-refractivity contribution in [3.8, 4) is 11.9 Å². The van der Waals surface area contributed by atoms with Crippen LogP contribution in [0.2, 0.25) is 0 Å². The van der Waals surface area contributed by atoms with Crippen LogP contribution in [-0.4, -0.2) is 9.55 Å². The Labute approximate surface area is 91.0 Å². The molecular formula is C11H7FN4. The maximum atomic E-state index is 12.7. The van der Waals surface area contributed by atoms with Crippen LogP contribution in [0.1, 0.15) is 0 Å². The van der Waals surface area contributed by atoms with E-state index in [2.05, 4.69) is 9.98 Å². The zero-order valence-electron chi connectivity index (χ0n) is 8.21. The van der Waals surface area contributed by atoms with Crippen molar-refractivity contribution in [3.05, 3.63) is 54.2 Å². The second-order valence-electron chi connectivity index (χ2n) is 2.98. The summed E-state index contributed by atoms with van der Waals surface area (Å²) in [7, 11) is 0. The highest BCUT2D eigenvalue weighted by Gasteiger charge is 1.97. The number of rotatable bonds is 1. The smallest absolute Gasteiger partial charge is 0.212 e. The van der Waals surface area contributed by atoms with Crippen molar-refractivity contribution in [2.24, 2.45) is 4.99 Å². The van der Waals surface area contributed by atoms with Crippen molar-refractivity contribution in [3.63, 3.8) is 0 Å². The molecule has 5 heteroatoms. The van der Waals surface area contributed by atoms with Gasteiger partial charge < -0.3 is 0 Å². The van der Waals surface area contributed by atoms with Gasteiger partial charge in [0, 0.05) is 6.20 Å². The summed E-state index contributed by atoms with van der Waals surface area (Å²) in [5.74, 6) is -0.543. The number of hydrogen-bond donors (Lipinski definition) is 0. The Morgan fingerprint density at radius 3 is 2.88 bits per heavy atom. The predicted octanol–water partition coefficient (Wildman–Crippen LogP) is 1.39. The molecule has 2 heterocycles. The molecule has 0 unspecified atom stereocenters. The first kappa shape index (κ1) is 10.1. The standard InChI is InChI=1S/C11H7FN4/c12-10-5-4-9(7-14-10)16-6-2-1-3-11(16)15-8-13/h1-7H/b15-11+. The van der Waals surface area contributed by atoms with Crippen LogP contribution in [0, 0.1) is 17.4 Å². The fourth-order valence-corrected chi connectivity index (χ4v) is 1.31. The Hall–Kier alpha value is -2.48. The van der Waals surface area contributed by atoms with E-state index in [1.807, 2.05) is 0 Å². The molecular weight excluding hydrogens is 207 g/mol. The van der Waals surface area contributed by atoms with Crippen molar-refractivity contribution >= 4 is 0 Å². The third kappa shape index (κ3) is 1.96. The third-order valence-electron chi connectivity index (χ3n) is 1.99. The van der Waals surface area contributed by atoms with Crippen LogP contribution in [0.5, 0.6) is 0 Å². The van der Waals surface area contributed by atoms with Crippen LogP contribution in [0.4, 0.5) is 4.39 Å². The van der Waals surface area contributed by atoms with Crippen molar-refractivity contribution in [2.75, 3.05) is 0 Å². The minimum atomic E-state index is -0.543. The summed E-state index contributed by atoms with van der Waals surface area (Å²) in [5, 5.41) is 8.53. The van der Waals surface area contributed by atoms with Gasteiger partial charge in [-0.15, -0.1) is 0 Å². The monoisotopic (exact) mass is 214 g/mol. The molecule has 0 aliphatic rings. The molecule has 0 saturated carbocycles. The molecule has 0 spiro atoms. The van der Waals surface area contributed by atoms with E-state index in [0.29, 0.717) is 11.2 Å². The highest BCUT2D eigenvalue weighted by atomic mass is 19.1. The van der Waals surface area contributed by atoms with Crippen LogP contribution < -0.4 is 5.49 Å². The minimum Gasteiger partial charge on any atom is -0.300 e. The van der Waals surface area contributed by atoms with Crippen LogP contribution in [0.25, 0.3) is 5.69 Å². The van der Waals surface area contributed by atoms with E-state index in [-0.39, 0.29) is 0 Å². The molecule has 0 radical (unpaired) electrons. The third-order valence-corrected chi connectivity index (χ3v) is 1.99. The molecule has 16 heavy (non-hydrogen) atoms. The van der Waals surface area contributed by atoms with Gasteiger partial charge >= 0.3 is 0 Å². The van der Waals surface area contributed by atoms with Crippen LogP contribution in [0.3, 0.4) is 0 Å². The average molecular weight is 214 g/mol. The predicted molar refractivity (Wildman–Crippen MR) is 54.7 cm³/mol. The van der Waals surface area contributed by atoms with E-state index in [1.165, 1.54) is 12.3 Å². The molecule has 0 aliphatic heterocycles. The Morgan fingerprint density at radius 1 is 1.31 bits per heavy atom. The molecule has 0 saturated heterocycles. The summed E-state index contributed by atoms with van der Waals surface area (Å²) in [4.78, 5) is 7.20. The molecule has 4 nitrogen and oxygen atoms in total. The Morgan fingerprint density at radius 2 is 2.19 bits per heavy atom. The number of nitriles is 1. The van der Waals surface area contributed by atoms with E-state index in [0.717, 1.165) is 0 Å². The van der Waals surface area contributed by atoms with Crippen molar-refractivity contribution in [1.29, 1.82) is 5.26 Å². The van der Waals surface area contributed by atoms with Crippen LogP contribution in [-0.2, 0) is 0 Å². The zero-order chi connectivity index (χ0) is 11.4. The van der Waals surface area contributed by atoms with Crippen LogP contribution in [0.15, 0.2) is 47.7 Å². The van der Waals surface area contributed by atoms with Gasteiger partial charge in [-0.3, -0.25) is 4.57 Å². The summed E-state index contributed by atoms with van der Waals surface area (Å²) < 4.78 is 14.3. The Bertz CT molecular complexity index is 592. The number of pyridine rings is 2. The van der Waals surface area contributed by atoms with E-state index in [4.69, 9.17) is 5.26 Å². The van der Waals surface area contributed by atoms with Crippen molar-refractivity contribution < 1.29 is 4.39 Å². The summed E-state index contributed by atoms with van der Waals surface area (Å²) in [6, 6.07) is 8.07. The summed E-state index contributed by atoms with van der Waals surface area (Å²) in [5.41, 5.74) is 1.12. The highest BCUT2D eigenvalue weighted by Crippen LogP contribution is 2.02. The summed E-state index contributed by atoms with van der Waals surface area (Å²) >= 11 is 0. The molecule has 0 atom stereocenters. The fourth-order valence-electron chi connectivity index (χ4n) is 1.31. The molecule has 0 amide bonds. The van der Waals surface area contributed by atoms with Gasteiger partial charge in [-0.25, -0.2) is 4.98 Å². The van der Waals surface area contributed by atoms with Gasteiger partial charge in [-0.1, -0.05) is 6.07 Å². The van der Waals surface area contributed by atoms with Crippen molar-refractivity contribution in [2.45, 2.75) is 0 Å². The lowest BCUT2D eigenvalue weighted by atomic mass is 10.4. The molecule has 2 aromatic rings. The summed E-state index contributed by atoms with van der Waals surface area (Å²) in [6.07, 6.45) is 4.82. The largest absolute Gasteiger partial charge is 0.300 e. The van der Waals surface area contributed by atoms with Gasteiger partial charge in [0.25, 0.3) is 0 Å². The SMILES string of the molecule is N#C/N=c1\ccccn1-c1ccc(F)nc1. The van der Waals surface area contributed by atoms with E-state index in [1.54, 1.807) is 41.2 Å². The fraction of sp³-hybridized carbons (Fsp3) is 0.